The lowest BCUT2D eigenvalue weighted by molar-refractivity contribution is -0.0339. The van der Waals surface area contributed by atoms with Crippen LogP contribution in [0.2, 0.25) is 0 Å². The first kappa shape index (κ1) is 22.0. The van der Waals surface area contributed by atoms with Gasteiger partial charge in [0.05, 0.1) is 7.11 Å². The first-order chi connectivity index (χ1) is 15.0. The summed E-state index contributed by atoms with van der Waals surface area (Å²) in [6, 6.07) is 20.8. The number of methoxy groups -OCH3 is 1. The highest BCUT2D eigenvalue weighted by atomic mass is 16.7. The van der Waals surface area contributed by atoms with Gasteiger partial charge in [-0.3, -0.25) is 0 Å². The number of carbonyl (C=O) groups excluding carboxylic acids is 1. The lowest BCUT2D eigenvalue weighted by Gasteiger charge is -2.19. The Labute approximate surface area is 182 Å². The number of anilines is 1. The van der Waals surface area contributed by atoms with Gasteiger partial charge in [0.25, 0.3) is 6.29 Å². The average molecular weight is 421 g/mol. The van der Waals surface area contributed by atoms with E-state index in [9.17, 15) is 4.79 Å². The molecule has 0 aliphatic rings. The quantitative estimate of drug-likeness (QED) is 0.526. The van der Waals surface area contributed by atoms with E-state index in [-0.39, 0.29) is 0 Å². The van der Waals surface area contributed by atoms with E-state index in [0.717, 1.165) is 22.6 Å². The maximum absolute atomic E-state index is 12.4. The number of pyridine rings is 1. The molecule has 0 bridgehead atoms. The first-order valence-corrected chi connectivity index (χ1v) is 9.95. The third-order valence-corrected chi connectivity index (χ3v) is 4.58. The minimum absolute atomic E-state index is 0.353. The summed E-state index contributed by atoms with van der Waals surface area (Å²) in [7, 11) is 5.58. The van der Waals surface area contributed by atoms with Gasteiger partial charge in [0.15, 0.2) is 0 Å². The largest absolute Gasteiger partial charge is 0.497 e. The van der Waals surface area contributed by atoms with Gasteiger partial charge in [-0.2, -0.15) is 0 Å². The number of hydrogen-bond donors (Lipinski definition) is 1. The lowest BCUT2D eigenvalue weighted by atomic mass is 10.1. The molecule has 3 rings (SSSR count). The molecule has 1 N–H and O–H groups in total. The van der Waals surface area contributed by atoms with Crippen molar-refractivity contribution >= 4 is 11.8 Å². The van der Waals surface area contributed by atoms with Crippen LogP contribution in [0.15, 0.2) is 72.9 Å². The van der Waals surface area contributed by atoms with E-state index < -0.39 is 12.4 Å². The van der Waals surface area contributed by atoms with Crippen molar-refractivity contribution in [1.82, 2.24) is 10.3 Å². The van der Waals surface area contributed by atoms with Crippen LogP contribution < -0.4 is 19.7 Å². The Morgan fingerprint density at radius 3 is 2.32 bits per heavy atom. The monoisotopic (exact) mass is 421 g/mol. The number of amides is 1. The van der Waals surface area contributed by atoms with Crippen LogP contribution in [0.5, 0.6) is 11.6 Å². The molecule has 0 radical (unpaired) electrons. The number of ether oxygens (including phenoxy) is 3. The molecule has 1 unspecified atom stereocenters. The van der Waals surface area contributed by atoms with Crippen LogP contribution in [-0.4, -0.2) is 38.6 Å². The van der Waals surface area contributed by atoms with Crippen molar-refractivity contribution in [2.75, 3.05) is 26.1 Å². The Hall–Kier alpha value is -3.74. The average Bonchev–Trinajstić information content (AvgIpc) is 2.79. The zero-order valence-corrected chi connectivity index (χ0v) is 17.9. The molecule has 0 aliphatic carbocycles. The van der Waals surface area contributed by atoms with Crippen molar-refractivity contribution < 1.29 is 19.0 Å². The molecule has 31 heavy (non-hydrogen) atoms. The number of carbonyl (C=O) groups is 1. The third kappa shape index (κ3) is 6.92. The van der Waals surface area contributed by atoms with Gasteiger partial charge >= 0.3 is 6.09 Å². The summed E-state index contributed by atoms with van der Waals surface area (Å²) >= 11 is 0. The Morgan fingerprint density at radius 1 is 1.00 bits per heavy atom. The summed E-state index contributed by atoms with van der Waals surface area (Å²) in [6.45, 7) is 0.353. The molecule has 0 spiro atoms. The fourth-order valence-corrected chi connectivity index (χ4v) is 2.86. The maximum atomic E-state index is 12.4. The topological polar surface area (TPSA) is 72.9 Å². The molecule has 0 aliphatic heterocycles. The fraction of sp³-hybridized carbons (Fsp3) is 0.250. The maximum Gasteiger partial charge on any atom is 0.410 e. The molecule has 1 amide bonds. The number of aromatic nitrogens is 1. The van der Waals surface area contributed by atoms with E-state index in [4.69, 9.17) is 14.2 Å². The molecule has 1 heterocycles. The number of rotatable bonds is 9. The van der Waals surface area contributed by atoms with Gasteiger partial charge in [-0.25, -0.2) is 9.78 Å². The van der Waals surface area contributed by atoms with Crippen molar-refractivity contribution in [2.45, 2.75) is 19.3 Å². The zero-order valence-electron chi connectivity index (χ0n) is 17.9. The number of hydrogen-bond acceptors (Lipinski definition) is 6. The van der Waals surface area contributed by atoms with Crippen LogP contribution in [0.25, 0.3) is 0 Å². The van der Waals surface area contributed by atoms with Gasteiger partial charge in [0, 0.05) is 45.0 Å². The molecule has 7 nitrogen and oxygen atoms in total. The zero-order chi connectivity index (χ0) is 22.1. The number of nitrogens with zero attached hydrogens (tertiary/aromatic N) is 2. The summed E-state index contributed by atoms with van der Waals surface area (Å²) in [5.74, 6) is 1.14. The molecule has 1 atom stereocenters. The Bertz CT molecular complexity index is 945. The predicted molar refractivity (Wildman–Crippen MR) is 119 cm³/mol. The minimum atomic E-state index is -0.834. The summed E-state index contributed by atoms with van der Waals surface area (Å²) < 4.78 is 16.5. The number of benzene rings is 2. The van der Waals surface area contributed by atoms with Crippen LogP contribution >= 0.6 is 0 Å². The third-order valence-electron chi connectivity index (χ3n) is 4.58. The van der Waals surface area contributed by atoms with Crippen LogP contribution in [0, 0.1) is 0 Å². The van der Waals surface area contributed by atoms with Crippen LogP contribution in [0.3, 0.4) is 0 Å². The van der Waals surface area contributed by atoms with E-state index in [1.165, 1.54) is 0 Å². The Morgan fingerprint density at radius 2 is 1.71 bits per heavy atom. The second kappa shape index (κ2) is 10.9. The molecular formula is C24H27N3O4. The highest BCUT2D eigenvalue weighted by Crippen LogP contribution is 2.16. The van der Waals surface area contributed by atoms with Crippen molar-refractivity contribution in [1.29, 1.82) is 0 Å². The molecule has 162 valence electrons. The minimum Gasteiger partial charge on any atom is -0.497 e. The lowest BCUT2D eigenvalue weighted by Crippen LogP contribution is -2.33. The predicted octanol–water partition coefficient (Wildman–Crippen LogP) is 4.03. The SMILES string of the molecule is COc1ccc(CC(OC(=O)NCc2ccc(N(C)C)cc2)Oc2ccccn2)cc1. The van der Waals surface area contributed by atoms with E-state index in [1.54, 1.807) is 25.4 Å². The van der Waals surface area contributed by atoms with E-state index in [1.807, 2.05) is 73.6 Å². The van der Waals surface area contributed by atoms with E-state index in [2.05, 4.69) is 10.3 Å². The van der Waals surface area contributed by atoms with Gasteiger partial charge in [0.1, 0.15) is 5.75 Å². The smallest absolute Gasteiger partial charge is 0.410 e. The van der Waals surface area contributed by atoms with Gasteiger partial charge in [-0.15, -0.1) is 0 Å². The van der Waals surface area contributed by atoms with Crippen LogP contribution in [-0.2, 0) is 17.7 Å². The van der Waals surface area contributed by atoms with Gasteiger partial charge in [-0.1, -0.05) is 30.3 Å². The van der Waals surface area contributed by atoms with Crippen LogP contribution in [0.4, 0.5) is 10.5 Å². The van der Waals surface area contributed by atoms with Gasteiger partial charge in [-0.05, 0) is 41.5 Å². The summed E-state index contributed by atoms with van der Waals surface area (Å²) in [6.07, 6.45) is 0.591. The summed E-state index contributed by atoms with van der Waals surface area (Å²) in [5, 5.41) is 2.77. The van der Waals surface area contributed by atoms with Crippen molar-refractivity contribution in [3.8, 4) is 11.6 Å². The molecule has 0 fully saturated rings. The van der Waals surface area contributed by atoms with Crippen molar-refractivity contribution in [2.24, 2.45) is 0 Å². The first-order valence-electron chi connectivity index (χ1n) is 9.95. The van der Waals surface area contributed by atoms with Crippen LogP contribution in [0.1, 0.15) is 11.1 Å². The summed E-state index contributed by atoms with van der Waals surface area (Å²) in [4.78, 5) is 18.6. The molecule has 2 aromatic carbocycles. The molecule has 3 aromatic rings. The normalized spacial score (nSPS) is 11.3. The van der Waals surface area contributed by atoms with Gasteiger partial charge < -0.3 is 24.4 Å². The second-order valence-corrected chi connectivity index (χ2v) is 7.09. The molecular weight excluding hydrogens is 394 g/mol. The standard InChI is InChI=1S/C24H27N3O4/c1-27(2)20-11-7-19(8-12-20)17-26-24(28)31-23(30-22-6-4-5-15-25-22)16-18-9-13-21(29-3)14-10-18/h4-15,23H,16-17H2,1-3H3,(H,26,28). The van der Waals surface area contributed by atoms with Crippen molar-refractivity contribution in [3.63, 3.8) is 0 Å². The second-order valence-electron chi connectivity index (χ2n) is 7.09. The number of nitrogens with one attached hydrogen (secondary N) is 1. The molecule has 0 saturated carbocycles. The fourth-order valence-electron chi connectivity index (χ4n) is 2.86. The van der Waals surface area contributed by atoms with Gasteiger partial charge in [0.2, 0.25) is 5.88 Å². The van der Waals surface area contributed by atoms with Crippen molar-refractivity contribution in [3.05, 3.63) is 84.1 Å². The summed E-state index contributed by atoms with van der Waals surface area (Å²) in [5.41, 5.74) is 3.00. The highest BCUT2D eigenvalue weighted by molar-refractivity contribution is 5.67. The molecule has 0 saturated heterocycles. The van der Waals surface area contributed by atoms with E-state index >= 15 is 0 Å². The van der Waals surface area contributed by atoms with E-state index in [0.29, 0.717) is 18.8 Å². The number of alkyl carbamates (subject to hydrolysis) is 1. The Balaban J connectivity index is 1.61. The molecule has 7 heteroatoms. The molecule has 1 aromatic heterocycles. The highest BCUT2D eigenvalue weighted by Gasteiger charge is 2.18. The Kier molecular flexibility index (Phi) is 7.70.